The summed E-state index contributed by atoms with van der Waals surface area (Å²) in [6, 6.07) is 16.2. The van der Waals surface area contributed by atoms with Crippen LogP contribution in [0.2, 0.25) is 0 Å². The van der Waals surface area contributed by atoms with Gasteiger partial charge >= 0.3 is 0 Å². The van der Waals surface area contributed by atoms with Crippen LogP contribution < -0.4 is 5.32 Å². The first kappa shape index (κ1) is 20.8. The number of terminal acetylenes is 1. The average molecular weight is 420 g/mol. The quantitative estimate of drug-likeness (QED) is 0.300. The molecule has 0 saturated heterocycles. The maximum absolute atomic E-state index is 13.6. The third kappa shape index (κ3) is 4.35. The summed E-state index contributed by atoms with van der Waals surface area (Å²) in [7, 11) is 0. The van der Waals surface area contributed by atoms with Crippen LogP contribution in [0.4, 0.5) is 4.39 Å². The van der Waals surface area contributed by atoms with Crippen molar-refractivity contribution in [3.8, 4) is 23.5 Å². The fourth-order valence-corrected chi connectivity index (χ4v) is 3.40. The van der Waals surface area contributed by atoms with Crippen LogP contribution in [0, 0.1) is 18.2 Å². The highest BCUT2D eigenvalue weighted by Crippen LogP contribution is 2.27. The number of aromatic amines is 1. The predicted molar refractivity (Wildman–Crippen MR) is 128 cm³/mol. The van der Waals surface area contributed by atoms with Gasteiger partial charge in [-0.15, -0.1) is 6.42 Å². The Kier molecular flexibility index (Phi) is 5.96. The van der Waals surface area contributed by atoms with Gasteiger partial charge in [-0.25, -0.2) is 4.39 Å². The van der Waals surface area contributed by atoms with Crippen molar-refractivity contribution in [2.45, 2.75) is 6.92 Å². The van der Waals surface area contributed by atoms with E-state index >= 15 is 0 Å². The van der Waals surface area contributed by atoms with E-state index in [-0.39, 0.29) is 5.82 Å². The Bertz CT molecular complexity index is 1390. The normalized spacial score (nSPS) is 11.9. The van der Waals surface area contributed by atoms with E-state index in [0.29, 0.717) is 22.5 Å². The number of H-pyrrole nitrogens is 1. The molecule has 0 unspecified atom stereocenters. The van der Waals surface area contributed by atoms with E-state index in [0.717, 1.165) is 27.7 Å². The number of benzene rings is 2. The second-order valence-corrected chi connectivity index (χ2v) is 7.13. The summed E-state index contributed by atoms with van der Waals surface area (Å²) >= 11 is 0. The summed E-state index contributed by atoms with van der Waals surface area (Å²) < 4.78 is 13.6. The molecule has 0 radical (unpaired) electrons. The number of hydrogen-bond acceptors (Lipinski definition) is 3. The number of rotatable bonds is 6. The minimum Gasteiger partial charge on any atom is -0.354 e. The van der Waals surface area contributed by atoms with Gasteiger partial charge in [0.1, 0.15) is 11.5 Å². The van der Waals surface area contributed by atoms with E-state index in [2.05, 4.69) is 39.1 Å². The fourth-order valence-electron chi connectivity index (χ4n) is 3.40. The second kappa shape index (κ2) is 9.15. The van der Waals surface area contributed by atoms with Gasteiger partial charge in [-0.2, -0.15) is 5.10 Å². The first-order valence-corrected chi connectivity index (χ1v) is 10.0. The average Bonchev–Trinajstić information content (AvgIpc) is 3.25. The number of halogens is 1. The van der Waals surface area contributed by atoms with Gasteiger partial charge in [0.05, 0.1) is 11.2 Å². The molecule has 0 fully saturated rings. The molecule has 2 aromatic carbocycles. The van der Waals surface area contributed by atoms with E-state index in [1.807, 2.05) is 43.5 Å². The minimum absolute atomic E-state index is 0.338. The molecule has 0 spiro atoms. The molecule has 0 atom stereocenters. The summed E-state index contributed by atoms with van der Waals surface area (Å²) in [4.78, 5) is 4.20. The van der Waals surface area contributed by atoms with E-state index in [1.54, 1.807) is 24.4 Å². The summed E-state index contributed by atoms with van der Waals surface area (Å²) in [6.07, 6.45) is 12.9. The Morgan fingerprint density at radius 2 is 2.03 bits per heavy atom. The molecule has 2 aromatic heterocycles. The zero-order valence-electron chi connectivity index (χ0n) is 17.6. The lowest BCUT2D eigenvalue weighted by Gasteiger charge is -2.10. The van der Waals surface area contributed by atoms with Crippen LogP contribution in [0.15, 0.2) is 91.4 Å². The van der Waals surface area contributed by atoms with Crippen LogP contribution in [0.3, 0.4) is 0 Å². The zero-order valence-corrected chi connectivity index (χ0v) is 17.6. The first-order valence-electron chi connectivity index (χ1n) is 10.0. The van der Waals surface area contributed by atoms with Gasteiger partial charge in [0, 0.05) is 34.6 Å². The lowest BCUT2D eigenvalue weighted by atomic mass is 10.0. The van der Waals surface area contributed by atoms with Gasteiger partial charge in [0.25, 0.3) is 0 Å². The molecule has 0 aliphatic heterocycles. The molecule has 5 heteroatoms. The maximum Gasteiger partial charge on any atom is 0.123 e. The number of allylic oxidation sites excluding steroid dienone is 3. The Morgan fingerprint density at radius 3 is 2.75 bits per heavy atom. The van der Waals surface area contributed by atoms with Gasteiger partial charge in [-0.1, -0.05) is 42.8 Å². The third-order valence-electron chi connectivity index (χ3n) is 5.04. The molecule has 4 aromatic rings. The summed E-state index contributed by atoms with van der Waals surface area (Å²) in [5, 5.41) is 11.7. The highest BCUT2D eigenvalue weighted by Gasteiger charge is 2.12. The van der Waals surface area contributed by atoms with Crippen LogP contribution in [0.25, 0.3) is 33.3 Å². The molecular weight excluding hydrogens is 399 g/mol. The zero-order chi connectivity index (χ0) is 22.5. The maximum atomic E-state index is 13.6. The van der Waals surface area contributed by atoms with Crippen LogP contribution in [-0.4, -0.2) is 15.2 Å². The molecule has 0 aliphatic rings. The highest BCUT2D eigenvalue weighted by atomic mass is 19.1. The molecule has 32 heavy (non-hydrogen) atoms. The van der Waals surface area contributed by atoms with Crippen molar-refractivity contribution in [2.24, 2.45) is 0 Å². The third-order valence-corrected chi connectivity index (χ3v) is 5.04. The van der Waals surface area contributed by atoms with Crippen LogP contribution in [-0.2, 0) is 0 Å². The molecule has 4 nitrogen and oxygen atoms in total. The standard InChI is InChI=1S/C27H21FN4/c1-4-19(20-8-6-10-23(28)14-20)15-24(5-2)30-18(3)27-25-16-21(11-12-26(25)31-32-27)22-9-7-13-29-17-22/h1,5-17,30H,3H2,2H3,(H,31,32)/b19-15+,24-5+. The van der Waals surface area contributed by atoms with Gasteiger partial charge in [-0.3, -0.25) is 10.1 Å². The second-order valence-electron chi connectivity index (χ2n) is 7.13. The van der Waals surface area contributed by atoms with E-state index in [4.69, 9.17) is 6.42 Å². The Hall–Kier alpha value is -4.43. The van der Waals surface area contributed by atoms with Crippen molar-refractivity contribution in [3.05, 3.63) is 108 Å². The SMILES string of the molecule is C#C/C(=C\C(=C/C)NC(=C)c1n[nH]c2ccc(-c3cccnc3)cc12)c1cccc(F)c1. The number of hydrogen-bond donors (Lipinski definition) is 2. The Balaban J connectivity index is 1.63. The number of nitrogens with one attached hydrogen (secondary N) is 2. The largest absolute Gasteiger partial charge is 0.354 e. The lowest BCUT2D eigenvalue weighted by Crippen LogP contribution is -2.10. The molecule has 0 aliphatic carbocycles. The number of pyridine rings is 1. The van der Waals surface area contributed by atoms with Gasteiger partial charge in [-0.05, 0) is 54.5 Å². The lowest BCUT2D eigenvalue weighted by molar-refractivity contribution is 0.627. The number of fused-ring (bicyclic) bond motifs is 1. The van der Waals surface area contributed by atoms with Crippen molar-refractivity contribution in [2.75, 3.05) is 0 Å². The number of nitrogens with zero attached hydrogens (tertiary/aromatic N) is 2. The highest BCUT2D eigenvalue weighted by molar-refractivity contribution is 5.93. The van der Waals surface area contributed by atoms with Crippen molar-refractivity contribution in [1.82, 2.24) is 20.5 Å². The van der Waals surface area contributed by atoms with E-state index in [9.17, 15) is 4.39 Å². The molecule has 0 bridgehead atoms. The van der Waals surface area contributed by atoms with Gasteiger partial charge < -0.3 is 5.32 Å². The van der Waals surface area contributed by atoms with Gasteiger partial charge in [0.2, 0.25) is 0 Å². The summed E-state index contributed by atoms with van der Waals surface area (Å²) in [5.41, 5.74) is 6.18. The molecule has 4 rings (SSSR count). The van der Waals surface area contributed by atoms with Gasteiger partial charge in [0.15, 0.2) is 0 Å². The predicted octanol–water partition coefficient (Wildman–Crippen LogP) is 5.94. The number of aromatic nitrogens is 3. The minimum atomic E-state index is -0.338. The Labute approximate surface area is 186 Å². The molecular formula is C27H21FN4. The topological polar surface area (TPSA) is 53.6 Å². The summed E-state index contributed by atoms with van der Waals surface area (Å²) in [5.74, 6) is 2.29. The summed E-state index contributed by atoms with van der Waals surface area (Å²) in [6.45, 7) is 6.05. The van der Waals surface area contributed by atoms with Crippen molar-refractivity contribution in [3.63, 3.8) is 0 Å². The Morgan fingerprint density at radius 1 is 1.16 bits per heavy atom. The van der Waals surface area contributed by atoms with Crippen molar-refractivity contribution in [1.29, 1.82) is 0 Å². The molecule has 2 N–H and O–H groups in total. The monoisotopic (exact) mass is 420 g/mol. The van der Waals surface area contributed by atoms with Crippen molar-refractivity contribution >= 4 is 22.2 Å². The van der Waals surface area contributed by atoms with E-state index < -0.39 is 0 Å². The smallest absolute Gasteiger partial charge is 0.123 e. The molecule has 156 valence electrons. The molecule has 0 saturated carbocycles. The first-order chi connectivity index (χ1) is 15.6. The van der Waals surface area contributed by atoms with Crippen LogP contribution in [0.5, 0.6) is 0 Å². The fraction of sp³-hybridized carbons (Fsp3) is 0.0370. The molecule has 2 heterocycles. The van der Waals surface area contributed by atoms with Crippen LogP contribution >= 0.6 is 0 Å². The van der Waals surface area contributed by atoms with Crippen molar-refractivity contribution < 1.29 is 4.39 Å². The molecule has 0 amide bonds. The van der Waals surface area contributed by atoms with Crippen LogP contribution in [0.1, 0.15) is 18.2 Å². The van der Waals surface area contributed by atoms with E-state index in [1.165, 1.54) is 12.1 Å².